The Bertz CT molecular complexity index is 1600. The molecule has 2 aliphatic rings. The summed E-state index contributed by atoms with van der Waals surface area (Å²) in [6, 6.07) is 5.23. The zero-order chi connectivity index (χ0) is 33.7. The second-order valence-electron chi connectivity index (χ2n) is 12.2. The summed E-state index contributed by atoms with van der Waals surface area (Å²) in [6.07, 6.45) is 3.04. The number of hydrogen-bond donors (Lipinski definition) is 4. The molecule has 4 bridgehead atoms. The van der Waals surface area contributed by atoms with Crippen molar-refractivity contribution >= 4 is 29.5 Å². The number of hydrogen-bond acceptors (Lipinski definition) is 10. The molecule has 0 radical (unpaired) electrons. The second-order valence-corrected chi connectivity index (χ2v) is 12.2. The van der Waals surface area contributed by atoms with Crippen molar-refractivity contribution in [2.45, 2.75) is 70.2 Å². The van der Waals surface area contributed by atoms with Crippen LogP contribution in [0.15, 0.2) is 51.7 Å². The van der Waals surface area contributed by atoms with Crippen molar-refractivity contribution in [3.05, 3.63) is 71.6 Å². The van der Waals surface area contributed by atoms with Gasteiger partial charge in [-0.15, -0.1) is 0 Å². The van der Waals surface area contributed by atoms with E-state index < -0.39 is 59.7 Å². The average molecular weight is 650 g/mol. The maximum Gasteiger partial charge on any atom is 0.276 e. The summed E-state index contributed by atoms with van der Waals surface area (Å²) < 4.78 is 16.2. The van der Waals surface area contributed by atoms with Gasteiger partial charge in [0, 0.05) is 26.1 Å². The molecule has 0 spiro atoms. The van der Waals surface area contributed by atoms with E-state index in [0.29, 0.717) is 6.42 Å². The Morgan fingerprint density at radius 1 is 0.979 bits per heavy atom. The number of nitrogens with one attached hydrogen (secondary N) is 4. The minimum absolute atomic E-state index is 0.0183. The highest BCUT2D eigenvalue weighted by Crippen LogP contribution is 2.25. The lowest BCUT2D eigenvalue weighted by Crippen LogP contribution is -2.48. The molecule has 15 nitrogen and oxygen atoms in total. The van der Waals surface area contributed by atoms with Crippen molar-refractivity contribution in [1.29, 1.82) is 0 Å². The topological polar surface area (TPSA) is 198 Å². The van der Waals surface area contributed by atoms with Crippen LogP contribution in [0.1, 0.15) is 84.0 Å². The molecule has 4 N–H and O–H groups in total. The number of nitrogens with zero attached hydrogens (tertiary/aromatic N) is 3. The van der Waals surface area contributed by atoms with Gasteiger partial charge in [0.1, 0.15) is 43.3 Å². The first-order valence-electron chi connectivity index (χ1n) is 15.5. The molecule has 1 aromatic carbocycles. The van der Waals surface area contributed by atoms with Crippen LogP contribution in [0.3, 0.4) is 0 Å². The quantitative estimate of drug-likeness (QED) is 0.291. The molecule has 2 aliphatic heterocycles. The monoisotopic (exact) mass is 649 g/mol. The van der Waals surface area contributed by atoms with Gasteiger partial charge in [-0.05, 0) is 31.2 Å². The Morgan fingerprint density at radius 3 is 2.40 bits per heavy atom. The summed E-state index contributed by atoms with van der Waals surface area (Å²) in [6.45, 7) is 5.31. The number of oxazole rings is 2. The summed E-state index contributed by atoms with van der Waals surface area (Å²) in [5.74, 6) is -2.42. The van der Waals surface area contributed by atoms with Gasteiger partial charge < -0.3 is 39.7 Å². The van der Waals surface area contributed by atoms with E-state index in [0.717, 1.165) is 5.56 Å². The molecule has 250 valence electrons. The average Bonchev–Trinajstić information content (AvgIpc) is 3.80. The summed E-state index contributed by atoms with van der Waals surface area (Å²) >= 11 is 0. The van der Waals surface area contributed by atoms with Gasteiger partial charge in [-0.25, -0.2) is 9.97 Å². The van der Waals surface area contributed by atoms with Gasteiger partial charge >= 0.3 is 0 Å². The molecule has 0 unspecified atom stereocenters. The molecule has 1 fully saturated rings. The highest BCUT2D eigenvalue weighted by molar-refractivity contribution is 5.97. The molecule has 5 atom stereocenters. The molecule has 15 heteroatoms. The van der Waals surface area contributed by atoms with Gasteiger partial charge in [0.25, 0.3) is 11.8 Å². The molecule has 0 saturated carbocycles. The predicted octanol–water partition coefficient (Wildman–Crippen LogP) is 1.44. The minimum Gasteiger partial charge on any atom is -0.446 e. The SMILES string of the molecule is COCC(=O)N[C@H]1C[C@H]2C(=O)N[C@@H](Cc3ccccc3)c3nc(co3)C(=O)N[C@H](CC(C)C)C(=O)N[C@H](C)c3nc(co3)C(=O)N2C1. The molecule has 3 aromatic rings. The number of carbonyl (C=O) groups excluding carboxylic acids is 5. The Hall–Kier alpha value is -5.05. The van der Waals surface area contributed by atoms with Crippen LogP contribution in [0.25, 0.3) is 0 Å². The number of amides is 5. The van der Waals surface area contributed by atoms with Gasteiger partial charge in [-0.2, -0.15) is 0 Å². The van der Waals surface area contributed by atoms with Crippen molar-refractivity contribution < 1.29 is 37.5 Å². The molecule has 4 heterocycles. The van der Waals surface area contributed by atoms with Crippen LogP contribution in [0.5, 0.6) is 0 Å². The van der Waals surface area contributed by atoms with E-state index in [9.17, 15) is 24.0 Å². The molecule has 0 aliphatic carbocycles. The minimum atomic E-state index is -1.01. The summed E-state index contributed by atoms with van der Waals surface area (Å²) in [4.78, 5) is 76.9. The molecule has 1 saturated heterocycles. The van der Waals surface area contributed by atoms with E-state index in [-0.39, 0.29) is 55.1 Å². The van der Waals surface area contributed by atoms with Crippen LogP contribution < -0.4 is 21.3 Å². The van der Waals surface area contributed by atoms with Gasteiger partial charge in [0.05, 0.1) is 0 Å². The van der Waals surface area contributed by atoms with Crippen LogP contribution >= 0.6 is 0 Å². The van der Waals surface area contributed by atoms with Crippen molar-refractivity contribution in [1.82, 2.24) is 36.1 Å². The molecule has 2 aromatic heterocycles. The fraction of sp³-hybridized carbons (Fsp3) is 0.469. The summed E-state index contributed by atoms with van der Waals surface area (Å²) in [5.41, 5.74) is 0.708. The molecular weight excluding hydrogens is 610 g/mol. The number of methoxy groups -OCH3 is 1. The van der Waals surface area contributed by atoms with Crippen molar-refractivity contribution in [2.75, 3.05) is 20.3 Å². The van der Waals surface area contributed by atoms with Crippen molar-refractivity contribution in [3.8, 4) is 0 Å². The van der Waals surface area contributed by atoms with Gasteiger partial charge in [-0.1, -0.05) is 44.2 Å². The van der Waals surface area contributed by atoms with Crippen LogP contribution in [0.4, 0.5) is 0 Å². The highest BCUT2D eigenvalue weighted by Gasteiger charge is 2.42. The van der Waals surface area contributed by atoms with Crippen LogP contribution in [0, 0.1) is 5.92 Å². The third-order valence-corrected chi connectivity index (χ3v) is 7.96. The number of fused-ring (bicyclic) bond motifs is 5. The largest absolute Gasteiger partial charge is 0.446 e. The fourth-order valence-corrected chi connectivity index (χ4v) is 5.73. The number of aromatic nitrogens is 2. The lowest BCUT2D eigenvalue weighted by atomic mass is 10.0. The standard InChI is InChI=1S/C32H39N7O8/c1-17(2)10-21-27(41)33-18(3)30-38-24(15-46-30)32(44)39-13-20(34-26(40)16-45-4)12-25(39)29(43)36-22(11-19-8-6-5-7-9-19)31-37-23(14-47-31)28(42)35-21/h5-9,14-15,17-18,20-22,25H,10-13,16H2,1-4H3,(H,33,41)(H,34,40)(H,35,42)(H,36,43)/t18-,20+,21-,22+,25+/m1/s1. The molecule has 5 rings (SSSR count). The zero-order valence-electron chi connectivity index (χ0n) is 26.6. The Morgan fingerprint density at radius 2 is 1.68 bits per heavy atom. The Labute approximate surface area is 271 Å². The summed E-state index contributed by atoms with van der Waals surface area (Å²) in [7, 11) is 1.39. The summed E-state index contributed by atoms with van der Waals surface area (Å²) in [5, 5.41) is 11.3. The van der Waals surface area contributed by atoms with E-state index in [4.69, 9.17) is 13.6 Å². The van der Waals surface area contributed by atoms with E-state index in [1.165, 1.54) is 24.5 Å². The third kappa shape index (κ3) is 8.03. The van der Waals surface area contributed by atoms with Crippen molar-refractivity contribution in [3.63, 3.8) is 0 Å². The third-order valence-electron chi connectivity index (χ3n) is 7.96. The number of ether oxygens (including phenoxy) is 1. The Balaban J connectivity index is 1.52. The van der Waals surface area contributed by atoms with Gasteiger partial charge in [-0.3, -0.25) is 24.0 Å². The normalized spacial score (nSPS) is 23.8. The lowest BCUT2D eigenvalue weighted by Gasteiger charge is -2.25. The lowest BCUT2D eigenvalue weighted by molar-refractivity contribution is -0.126. The highest BCUT2D eigenvalue weighted by atomic mass is 16.5. The molecule has 5 amide bonds. The van der Waals surface area contributed by atoms with E-state index in [1.807, 2.05) is 44.2 Å². The molecular formula is C32H39N7O8. The van der Waals surface area contributed by atoms with E-state index >= 15 is 0 Å². The fourth-order valence-electron chi connectivity index (χ4n) is 5.73. The second kappa shape index (κ2) is 14.6. The number of rotatable bonds is 7. The first-order chi connectivity index (χ1) is 22.5. The van der Waals surface area contributed by atoms with Gasteiger partial charge in [0.15, 0.2) is 11.4 Å². The maximum atomic E-state index is 14.0. The zero-order valence-corrected chi connectivity index (χ0v) is 26.6. The Kier molecular flexibility index (Phi) is 10.3. The first kappa shape index (κ1) is 33.3. The van der Waals surface area contributed by atoms with Crippen LogP contribution in [0.2, 0.25) is 0 Å². The predicted molar refractivity (Wildman–Crippen MR) is 165 cm³/mol. The first-order valence-corrected chi connectivity index (χ1v) is 15.5. The van der Waals surface area contributed by atoms with Crippen LogP contribution in [-0.2, 0) is 25.5 Å². The van der Waals surface area contributed by atoms with Crippen LogP contribution in [-0.4, -0.2) is 82.8 Å². The number of carbonyl (C=O) groups is 5. The van der Waals surface area contributed by atoms with E-state index in [2.05, 4.69) is 31.2 Å². The number of benzene rings is 1. The van der Waals surface area contributed by atoms with Crippen molar-refractivity contribution in [2.24, 2.45) is 5.92 Å². The maximum absolute atomic E-state index is 14.0. The van der Waals surface area contributed by atoms with E-state index in [1.54, 1.807) is 6.92 Å². The van der Waals surface area contributed by atoms with Gasteiger partial charge in [0.2, 0.25) is 29.5 Å². The smallest absolute Gasteiger partial charge is 0.276 e. The molecule has 47 heavy (non-hydrogen) atoms.